The van der Waals surface area contributed by atoms with Crippen molar-refractivity contribution in [3.63, 3.8) is 0 Å². The van der Waals surface area contributed by atoms with Crippen molar-refractivity contribution in [2.24, 2.45) is 0 Å². The van der Waals surface area contributed by atoms with Crippen LogP contribution in [0.5, 0.6) is 5.75 Å². The summed E-state index contributed by atoms with van der Waals surface area (Å²) in [6, 6.07) is 16.4. The topological polar surface area (TPSA) is 61.4 Å². The fourth-order valence-corrected chi connectivity index (χ4v) is 2.21. The Bertz CT molecular complexity index is 665. The molecule has 1 heterocycles. The van der Waals surface area contributed by atoms with Crippen LogP contribution in [0, 0.1) is 0 Å². The maximum Gasteiger partial charge on any atom is 0.255 e. The first-order valence-electron chi connectivity index (χ1n) is 6.36. The Labute approximate surface area is 116 Å². The minimum Gasteiger partial charge on any atom is -0.508 e. The lowest BCUT2D eigenvalue weighted by Crippen LogP contribution is -2.40. The van der Waals surface area contributed by atoms with Gasteiger partial charge in [-0.05, 0) is 11.6 Å². The van der Waals surface area contributed by atoms with Gasteiger partial charge in [-0.1, -0.05) is 48.5 Å². The van der Waals surface area contributed by atoms with Crippen LogP contribution in [-0.2, 0) is 4.79 Å². The molecule has 0 bridgehead atoms. The molecule has 0 aliphatic carbocycles. The van der Waals surface area contributed by atoms with Crippen molar-refractivity contribution in [2.75, 3.05) is 0 Å². The van der Waals surface area contributed by atoms with Crippen molar-refractivity contribution < 1.29 is 9.90 Å². The van der Waals surface area contributed by atoms with Crippen molar-refractivity contribution in [2.45, 2.75) is 6.17 Å². The van der Waals surface area contributed by atoms with E-state index < -0.39 is 6.17 Å². The predicted octanol–water partition coefficient (Wildman–Crippen LogP) is 2.15. The van der Waals surface area contributed by atoms with E-state index in [-0.39, 0.29) is 11.7 Å². The summed E-state index contributed by atoms with van der Waals surface area (Å²) < 4.78 is 0. The number of rotatable bonds is 2. The molecule has 2 aromatic rings. The number of nitrogens with one attached hydrogen (secondary N) is 2. The first-order valence-corrected chi connectivity index (χ1v) is 6.36. The number of hydrogen-bond acceptors (Lipinski definition) is 3. The van der Waals surface area contributed by atoms with Crippen LogP contribution in [0.3, 0.4) is 0 Å². The Morgan fingerprint density at radius 1 is 0.950 bits per heavy atom. The highest BCUT2D eigenvalue weighted by Crippen LogP contribution is 2.25. The summed E-state index contributed by atoms with van der Waals surface area (Å²) in [7, 11) is 0. The third kappa shape index (κ3) is 2.23. The first kappa shape index (κ1) is 12.3. The summed E-state index contributed by atoms with van der Waals surface area (Å²) in [4.78, 5) is 12.2. The van der Waals surface area contributed by atoms with Gasteiger partial charge >= 0.3 is 0 Å². The molecule has 0 aromatic heterocycles. The Morgan fingerprint density at radius 2 is 1.65 bits per heavy atom. The molecular weight excluding hydrogens is 252 g/mol. The molecule has 1 amide bonds. The van der Waals surface area contributed by atoms with Crippen molar-refractivity contribution in [3.05, 3.63) is 71.9 Å². The van der Waals surface area contributed by atoms with Crippen LogP contribution in [0.25, 0.3) is 5.57 Å². The third-order valence-electron chi connectivity index (χ3n) is 3.25. The number of carbonyl (C=O) groups excluding carboxylic acids is 1. The zero-order valence-electron chi connectivity index (χ0n) is 10.7. The van der Waals surface area contributed by atoms with Gasteiger partial charge in [0.15, 0.2) is 0 Å². The van der Waals surface area contributed by atoms with Gasteiger partial charge < -0.3 is 15.7 Å². The maximum atomic E-state index is 12.2. The van der Waals surface area contributed by atoms with Crippen LogP contribution in [-0.4, -0.2) is 11.0 Å². The number of aromatic hydroxyl groups is 1. The van der Waals surface area contributed by atoms with Gasteiger partial charge in [0.2, 0.25) is 0 Å². The molecule has 0 saturated heterocycles. The highest BCUT2D eigenvalue weighted by Gasteiger charge is 2.23. The molecule has 1 aliphatic heterocycles. The molecule has 4 nitrogen and oxygen atoms in total. The van der Waals surface area contributed by atoms with Gasteiger partial charge in [-0.25, -0.2) is 0 Å². The molecular formula is C16H14N2O2. The Hall–Kier alpha value is -2.75. The standard InChI is InChI=1S/C16H14N2O2/c19-14-9-5-4-8-12(14)15-17-10-13(16(20)18-15)11-6-2-1-3-7-11/h1-10,15,17,19H,(H,18,20). The van der Waals surface area contributed by atoms with E-state index in [2.05, 4.69) is 10.6 Å². The molecule has 1 aliphatic rings. The van der Waals surface area contributed by atoms with E-state index in [0.29, 0.717) is 11.1 Å². The predicted molar refractivity (Wildman–Crippen MR) is 76.5 cm³/mol. The Morgan fingerprint density at radius 3 is 2.35 bits per heavy atom. The smallest absolute Gasteiger partial charge is 0.255 e. The molecule has 1 atom stereocenters. The van der Waals surface area contributed by atoms with E-state index in [1.807, 2.05) is 36.4 Å². The molecule has 20 heavy (non-hydrogen) atoms. The number of phenols is 1. The quantitative estimate of drug-likeness (QED) is 0.780. The molecule has 0 radical (unpaired) electrons. The van der Waals surface area contributed by atoms with E-state index in [9.17, 15) is 9.90 Å². The fraction of sp³-hybridized carbons (Fsp3) is 0.0625. The number of carbonyl (C=O) groups is 1. The van der Waals surface area contributed by atoms with Crippen molar-refractivity contribution >= 4 is 11.5 Å². The van der Waals surface area contributed by atoms with Crippen molar-refractivity contribution in [1.29, 1.82) is 0 Å². The van der Waals surface area contributed by atoms with Crippen LogP contribution < -0.4 is 10.6 Å². The van der Waals surface area contributed by atoms with Crippen LogP contribution in [0.1, 0.15) is 17.3 Å². The van der Waals surface area contributed by atoms with Gasteiger partial charge in [0, 0.05) is 11.8 Å². The number of amides is 1. The van der Waals surface area contributed by atoms with E-state index in [4.69, 9.17) is 0 Å². The van der Waals surface area contributed by atoms with Gasteiger partial charge in [-0.15, -0.1) is 0 Å². The van der Waals surface area contributed by atoms with Crippen molar-refractivity contribution in [3.8, 4) is 5.75 Å². The van der Waals surface area contributed by atoms with Crippen molar-refractivity contribution in [1.82, 2.24) is 10.6 Å². The monoisotopic (exact) mass is 266 g/mol. The Balaban J connectivity index is 1.88. The second-order valence-electron chi connectivity index (χ2n) is 4.56. The molecule has 1 unspecified atom stereocenters. The van der Waals surface area contributed by atoms with Crippen LogP contribution in [0.15, 0.2) is 60.8 Å². The number of phenolic OH excluding ortho intramolecular Hbond substituents is 1. The number of benzene rings is 2. The summed E-state index contributed by atoms with van der Waals surface area (Å²) >= 11 is 0. The van der Waals surface area contributed by atoms with E-state index in [0.717, 1.165) is 5.56 Å². The van der Waals surface area contributed by atoms with E-state index in [1.54, 1.807) is 24.4 Å². The number of hydrogen-bond donors (Lipinski definition) is 3. The highest BCUT2D eigenvalue weighted by molar-refractivity contribution is 6.20. The van der Waals surface area contributed by atoms with Crippen LogP contribution in [0.4, 0.5) is 0 Å². The highest BCUT2D eigenvalue weighted by atomic mass is 16.3. The second kappa shape index (κ2) is 5.09. The molecule has 3 N–H and O–H groups in total. The summed E-state index contributed by atoms with van der Waals surface area (Å²) in [5, 5.41) is 15.8. The summed E-state index contributed by atoms with van der Waals surface area (Å²) in [6.45, 7) is 0. The van der Waals surface area contributed by atoms with Gasteiger partial charge in [0.05, 0.1) is 5.57 Å². The Kier molecular flexibility index (Phi) is 3.13. The SMILES string of the molecule is O=C1NC(c2ccccc2O)NC=C1c1ccccc1. The molecule has 3 rings (SSSR count). The fourth-order valence-electron chi connectivity index (χ4n) is 2.21. The van der Waals surface area contributed by atoms with E-state index >= 15 is 0 Å². The lowest BCUT2D eigenvalue weighted by molar-refractivity contribution is -0.116. The van der Waals surface area contributed by atoms with Crippen LogP contribution >= 0.6 is 0 Å². The zero-order chi connectivity index (χ0) is 13.9. The lowest BCUT2D eigenvalue weighted by Gasteiger charge is -2.26. The molecule has 0 saturated carbocycles. The average Bonchev–Trinajstić information content (AvgIpc) is 2.48. The van der Waals surface area contributed by atoms with Crippen LogP contribution in [0.2, 0.25) is 0 Å². The summed E-state index contributed by atoms with van der Waals surface area (Å²) in [6.07, 6.45) is 1.27. The zero-order valence-corrected chi connectivity index (χ0v) is 10.7. The normalized spacial score (nSPS) is 17.9. The van der Waals surface area contributed by atoms with Gasteiger partial charge in [-0.2, -0.15) is 0 Å². The first-order chi connectivity index (χ1) is 9.75. The summed E-state index contributed by atoms with van der Waals surface area (Å²) in [5.74, 6) is -0.00920. The van der Waals surface area contributed by atoms with E-state index in [1.165, 1.54) is 0 Å². The molecule has 0 fully saturated rings. The van der Waals surface area contributed by atoms with Gasteiger partial charge in [0.25, 0.3) is 5.91 Å². The lowest BCUT2D eigenvalue weighted by atomic mass is 10.0. The molecule has 2 aromatic carbocycles. The minimum atomic E-state index is -0.420. The molecule has 100 valence electrons. The second-order valence-corrected chi connectivity index (χ2v) is 4.56. The summed E-state index contributed by atoms with van der Waals surface area (Å²) in [5.41, 5.74) is 2.08. The average molecular weight is 266 g/mol. The molecule has 4 heteroatoms. The maximum absolute atomic E-state index is 12.2. The third-order valence-corrected chi connectivity index (χ3v) is 3.25. The van der Waals surface area contributed by atoms with Gasteiger partial charge in [-0.3, -0.25) is 4.79 Å². The van der Waals surface area contributed by atoms with Gasteiger partial charge in [0.1, 0.15) is 11.9 Å². The molecule has 0 spiro atoms. The minimum absolute atomic E-state index is 0.155. The largest absolute Gasteiger partial charge is 0.508 e. The number of para-hydroxylation sites is 1.